The largest absolute Gasteiger partial charge is 0.389 e. The molecular formula is C12H19BrN4O3S. The molecule has 1 aromatic rings. The number of hydrogen-bond donors (Lipinski definition) is 3. The van der Waals surface area contributed by atoms with Gasteiger partial charge in [0.2, 0.25) is 10.0 Å². The van der Waals surface area contributed by atoms with E-state index in [0.717, 1.165) is 17.1 Å². The molecule has 4 N–H and O–H groups in total. The Morgan fingerprint density at radius 2 is 2.14 bits per heavy atom. The molecule has 1 aromatic heterocycles. The average molecular weight is 379 g/mol. The number of halogens is 1. The lowest BCUT2D eigenvalue weighted by Crippen LogP contribution is -2.42. The summed E-state index contributed by atoms with van der Waals surface area (Å²) in [4.78, 5) is 3.92. The molecule has 1 heterocycles. The summed E-state index contributed by atoms with van der Waals surface area (Å²) >= 11 is 3.20. The van der Waals surface area contributed by atoms with Crippen LogP contribution >= 0.6 is 15.9 Å². The van der Waals surface area contributed by atoms with Gasteiger partial charge in [0.1, 0.15) is 4.90 Å². The number of nitrogen functional groups attached to an aromatic ring is 1. The van der Waals surface area contributed by atoms with Crippen LogP contribution in [0.25, 0.3) is 0 Å². The minimum atomic E-state index is -3.79. The van der Waals surface area contributed by atoms with E-state index in [-0.39, 0.29) is 17.3 Å². The van der Waals surface area contributed by atoms with E-state index in [0.29, 0.717) is 17.3 Å². The molecule has 0 amide bonds. The van der Waals surface area contributed by atoms with Gasteiger partial charge in [0, 0.05) is 24.3 Å². The number of pyridine rings is 1. The van der Waals surface area contributed by atoms with Crippen molar-refractivity contribution in [3.8, 4) is 0 Å². The van der Waals surface area contributed by atoms with Crippen LogP contribution in [0.3, 0.4) is 0 Å². The van der Waals surface area contributed by atoms with Gasteiger partial charge in [-0.05, 0) is 34.8 Å². The molecule has 0 saturated heterocycles. The molecule has 1 saturated carbocycles. The van der Waals surface area contributed by atoms with E-state index in [2.05, 4.69) is 26.3 Å². The molecule has 0 spiro atoms. The molecule has 0 bridgehead atoms. The Hall–Kier alpha value is -0.740. The zero-order chi connectivity index (χ0) is 15.7. The summed E-state index contributed by atoms with van der Waals surface area (Å²) in [5, 5.41) is 10.4. The van der Waals surface area contributed by atoms with Gasteiger partial charge in [0.15, 0.2) is 5.82 Å². The first kappa shape index (κ1) is 16.6. The van der Waals surface area contributed by atoms with E-state index in [4.69, 9.17) is 5.84 Å². The van der Waals surface area contributed by atoms with Crippen molar-refractivity contribution < 1.29 is 13.5 Å². The summed E-state index contributed by atoms with van der Waals surface area (Å²) in [7, 11) is -2.34. The highest BCUT2D eigenvalue weighted by molar-refractivity contribution is 9.10. The minimum Gasteiger partial charge on any atom is -0.389 e. The Bertz CT molecular complexity index is 617. The van der Waals surface area contributed by atoms with Crippen molar-refractivity contribution in [3.63, 3.8) is 0 Å². The van der Waals surface area contributed by atoms with Crippen LogP contribution in [0, 0.1) is 0 Å². The lowest BCUT2D eigenvalue weighted by Gasteiger charge is -2.28. The van der Waals surface area contributed by atoms with Crippen molar-refractivity contribution in [3.05, 3.63) is 16.7 Å². The number of aromatic nitrogens is 1. The van der Waals surface area contributed by atoms with Crippen LogP contribution in [-0.4, -0.2) is 42.0 Å². The highest BCUT2D eigenvalue weighted by Crippen LogP contribution is 2.32. The maximum absolute atomic E-state index is 12.7. The topological polar surface area (TPSA) is 109 Å². The van der Waals surface area contributed by atoms with Crippen LogP contribution in [0.4, 0.5) is 5.82 Å². The highest BCUT2D eigenvalue weighted by Gasteiger charge is 2.36. The molecule has 2 rings (SSSR count). The van der Waals surface area contributed by atoms with Gasteiger partial charge in [0.25, 0.3) is 0 Å². The number of likely N-dealkylation sites (N-methyl/N-ethyl adjacent to an activating group) is 1. The highest BCUT2D eigenvalue weighted by atomic mass is 79.9. The number of hydrazine groups is 1. The quantitative estimate of drug-likeness (QED) is 0.521. The molecule has 0 aromatic carbocycles. The van der Waals surface area contributed by atoms with Gasteiger partial charge in [-0.1, -0.05) is 12.8 Å². The summed E-state index contributed by atoms with van der Waals surface area (Å²) in [6.45, 7) is 0.0614. The minimum absolute atomic E-state index is 0.0246. The van der Waals surface area contributed by atoms with Crippen LogP contribution in [-0.2, 0) is 10.0 Å². The van der Waals surface area contributed by atoms with Crippen LogP contribution in [0.5, 0.6) is 0 Å². The van der Waals surface area contributed by atoms with E-state index < -0.39 is 15.6 Å². The monoisotopic (exact) mass is 378 g/mol. The number of sulfonamides is 1. The predicted molar refractivity (Wildman–Crippen MR) is 83.0 cm³/mol. The second-order valence-electron chi connectivity index (χ2n) is 5.34. The molecular weight excluding hydrogens is 360 g/mol. The predicted octanol–water partition coefficient (Wildman–Crippen LogP) is 1.06. The van der Waals surface area contributed by atoms with E-state index in [1.165, 1.54) is 19.3 Å². The summed E-state index contributed by atoms with van der Waals surface area (Å²) in [5.41, 5.74) is 1.34. The van der Waals surface area contributed by atoms with Crippen molar-refractivity contribution in [2.45, 2.75) is 36.2 Å². The number of rotatable bonds is 5. The fourth-order valence-electron chi connectivity index (χ4n) is 2.58. The Kier molecular flexibility index (Phi) is 4.89. The van der Waals surface area contributed by atoms with Crippen molar-refractivity contribution in [1.29, 1.82) is 0 Å². The van der Waals surface area contributed by atoms with Crippen molar-refractivity contribution in [2.75, 3.05) is 19.0 Å². The van der Waals surface area contributed by atoms with Gasteiger partial charge in [-0.25, -0.2) is 19.2 Å². The zero-order valence-electron chi connectivity index (χ0n) is 11.7. The van der Waals surface area contributed by atoms with E-state index in [1.54, 1.807) is 0 Å². The average Bonchev–Trinajstić information content (AvgIpc) is 2.85. The third-order valence-corrected chi connectivity index (χ3v) is 5.95. The van der Waals surface area contributed by atoms with Gasteiger partial charge in [-0.2, -0.15) is 4.31 Å². The molecule has 9 heteroatoms. The Labute approximate surface area is 132 Å². The number of anilines is 1. The first-order valence-electron chi connectivity index (χ1n) is 6.59. The molecule has 1 aliphatic carbocycles. The van der Waals surface area contributed by atoms with Crippen molar-refractivity contribution >= 4 is 31.8 Å². The normalized spacial score (nSPS) is 18.1. The van der Waals surface area contributed by atoms with Crippen LogP contribution < -0.4 is 11.3 Å². The van der Waals surface area contributed by atoms with Gasteiger partial charge in [-0.3, -0.25) is 0 Å². The smallest absolute Gasteiger partial charge is 0.246 e. The molecule has 0 atom stereocenters. The summed E-state index contributed by atoms with van der Waals surface area (Å²) in [6, 6.07) is 1.44. The fraction of sp³-hybridized carbons (Fsp3) is 0.583. The second-order valence-corrected chi connectivity index (χ2v) is 8.27. The maximum atomic E-state index is 12.7. The SMILES string of the molecule is CN(CC1(O)CCCC1)S(=O)(=O)c1cc(Br)cnc1NN. The third-order valence-electron chi connectivity index (χ3n) is 3.70. The zero-order valence-corrected chi connectivity index (χ0v) is 14.1. The van der Waals surface area contributed by atoms with E-state index in [9.17, 15) is 13.5 Å². The third kappa shape index (κ3) is 3.54. The van der Waals surface area contributed by atoms with Gasteiger partial charge >= 0.3 is 0 Å². The second kappa shape index (κ2) is 6.17. The summed E-state index contributed by atoms with van der Waals surface area (Å²) in [5.74, 6) is 5.40. The fourth-order valence-corrected chi connectivity index (χ4v) is 4.45. The Balaban J connectivity index is 2.31. The molecule has 0 radical (unpaired) electrons. The summed E-state index contributed by atoms with van der Waals surface area (Å²) < 4.78 is 27.0. The number of aliphatic hydroxyl groups is 1. The molecule has 21 heavy (non-hydrogen) atoms. The number of nitrogens with two attached hydrogens (primary N) is 1. The van der Waals surface area contributed by atoms with E-state index in [1.807, 2.05) is 0 Å². The van der Waals surface area contributed by atoms with Gasteiger partial charge in [0.05, 0.1) is 5.60 Å². The maximum Gasteiger partial charge on any atom is 0.246 e. The van der Waals surface area contributed by atoms with Crippen molar-refractivity contribution in [1.82, 2.24) is 9.29 Å². The number of hydrogen-bond acceptors (Lipinski definition) is 6. The molecule has 0 unspecified atom stereocenters. The van der Waals surface area contributed by atoms with Crippen LogP contribution in [0.1, 0.15) is 25.7 Å². The molecule has 1 fully saturated rings. The molecule has 7 nitrogen and oxygen atoms in total. The van der Waals surface area contributed by atoms with Gasteiger partial charge in [-0.15, -0.1) is 0 Å². The number of nitrogens with zero attached hydrogens (tertiary/aromatic N) is 2. The standard InChI is InChI=1S/C12H19BrN4O3S/c1-17(8-12(18)4-2-3-5-12)21(19,20)10-6-9(13)7-15-11(10)16-14/h6-7,18H,2-5,8,14H2,1H3,(H,15,16). The molecule has 118 valence electrons. The Morgan fingerprint density at radius 3 is 2.71 bits per heavy atom. The number of nitrogens with one attached hydrogen (secondary N) is 1. The van der Waals surface area contributed by atoms with Crippen LogP contribution in [0.2, 0.25) is 0 Å². The Morgan fingerprint density at radius 1 is 1.52 bits per heavy atom. The van der Waals surface area contributed by atoms with Crippen LogP contribution in [0.15, 0.2) is 21.6 Å². The first-order chi connectivity index (χ1) is 9.78. The molecule has 0 aliphatic heterocycles. The molecule has 1 aliphatic rings. The van der Waals surface area contributed by atoms with Crippen molar-refractivity contribution in [2.24, 2.45) is 5.84 Å². The lowest BCUT2D eigenvalue weighted by molar-refractivity contribution is 0.0333. The van der Waals surface area contributed by atoms with Gasteiger partial charge < -0.3 is 10.5 Å². The van der Waals surface area contributed by atoms with E-state index >= 15 is 0 Å². The lowest BCUT2D eigenvalue weighted by atomic mass is 10.0. The summed E-state index contributed by atoms with van der Waals surface area (Å²) in [6.07, 6.45) is 4.52. The first-order valence-corrected chi connectivity index (χ1v) is 8.83.